The molecule has 1 aromatic heterocycles. The van der Waals surface area contributed by atoms with Gasteiger partial charge >= 0.3 is 5.91 Å². The third kappa shape index (κ3) is 5.44. The van der Waals surface area contributed by atoms with Crippen LogP contribution in [0, 0.1) is 0 Å². The first-order valence-electron chi connectivity index (χ1n) is 14.7. The molecule has 0 spiro atoms. The molecular weight excluding hydrogens is 607 g/mol. The lowest BCUT2D eigenvalue weighted by atomic mass is 9.94. The minimum absolute atomic E-state index is 0.0132. The first-order chi connectivity index (χ1) is 21.9. The maximum atomic E-state index is 13.7. The number of aromatic nitrogens is 2. The van der Waals surface area contributed by atoms with E-state index in [4.69, 9.17) is 9.47 Å². The fourth-order valence-corrected chi connectivity index (χ4v) is 7.80. The smallest absolute Gasteiger partial charge is 0.301 e. The van der Waals surface area contributed by atoms with Gasteiger partial charge in [0.15, 0.2) is 4.34 Å². The highest BCUT2D eigenvalue weighted by Gasteiger charge is 2.48. The SMILES string of the molecule is CCOc1cccc([C@@H]2C(=C(O)c3ccc4c(c3)C[C@@H](C)O4)C(=O)C(=O)N2c2nnc(SCc3cccc4ccccc34)s2)c1. The highest BCUT2D eigenvalue weighted by molar-refractivity contribution is 8.00. The van der Waals surface area contributed by atoms with Crippen molar-refractivity contribution in [2.45, 2.75) is 42.5 Å². The van der Waals surface area contributed by atoms with E-state index in [0.29, 0.717) is 40.0 Å². The van der Waals surface area contributed by atoms with Gasteiger partial charge in [-0.1, -0.05) is 77.7 Å². The summed E-state index contributed by atoms with van der Waals surface area (Å²) in [6.45, 7) is 4.32. The molecule has 8 nitrogen and oxygen atoms in total. The average Bonchev–Trinajstić information content (AvgIpc) is 3.74. The first kappa shape index (κ1) is 29.1. The molecule has 1 fully saturated rings. The number of aliphatic hydroxyl groups excluding tert-OH is 1. The van der Waals surface area contributed by atoms with Crippen LogP contribution in [-0.4, -0.2) is 39.7 Å². The summed E-state index contributed by atoms with van der Waals surface area (Å²) in [7, 11) is 0. The van der Waals surface area contributed by atoms with Crippen LogP contribution >= 0.6 is 23.1 Å². The molecule has 2 aliphatic heterocycles. The summed E-state index contributed by atoms with van der Waals surface area (Å²) in [4.78, 5) is 28.8. The number of aliphatic hydroxyl groups is 1. The summed E-state index contributed by atoms with van der Waals surface area (Å²) < 4.78 is 12.2. The molecule has 0 unspecified atom stereocenters. The van der Waals surface area contributed by atoms with Gasteiger partial charge in [-0.05, 0) is 71.6 Å². The van der Waals surface area contributed by atoms with Crippen LogP contribution in [0.15, 0.2) is 94.8 Å². The van der Waals surface area contributed by atoms with Gasteiger partial charge in [-0.3, -0.25) is 14.5 Å². The Balaban J connectivity index is 1.26. The van der Waals surface area contributed by atoms with Crippen LogP contribution in [0.25, 0.3) is 16.5 Å². The Kier molecular flexibility index (Phi) is 7.76. The molecule has 5 aromatic rings. The topological polar surface area (TPSA) is 102 Å². The van der Waals surface area contributed by atoms with Gasteiger partial charge in [0.05, 0.1) is 18.2 Å². The number of Topliss-reactive ketones (excluding diaryl/α,β-unsaturated/α-hetero) is 1. The second-order valence-corrected chi connectivity index (χ2v) is 13.1. The standard InChI is InChI=1S/C35H29N3O5S2/c1-3-42-26-12-7-10-22(18-26)30-29(31(39)23-14-15-28-25(17-23)16-20(2)43-28)32(40)33(41)38(30)34-36-37-35(45-34)44-19-24-11-6-9-21-8-4-5-13-27(21)24/h4-15,17-18,20,30,39H,3,16,19H2,1-2H3/t20-,30-/m1/s1. The molecule has 1 saturated heterocycles. The molecule has 226 valence electrons. The van der Waals surface area contributed by atoms with Gasteiger partial charge in [0, 0.05) is 17.7 Å². The Morgan fingerprint density at radius 2 is 1.87 bits per heavy atom. The van der Waals surface area contributed by atoms with Gasteiger partial charge in [-0.15, -0.1) is 10.2 Å². The number of carbonyl (C=O) groups excluding carboxylic acids is 2. The normalized spacial score (nSPS) is 18.8. The second-order valence-electron chi connectivity index (χ2n) is 10.9. The van der Waals surface area contributed by atoms with E-state index in [2.05, 4.69) is 34.5 Å². The fourth-order valence-electron chi connectivity index (χ4n) is 5.93. The molecule has 2 aliphatic rings. The van der Waals surface area contributed by atoms with Gasteiger partial charge in [0.2, 0.25) is 5.13 Å². The summed E-state index contributed by atoms with van der Waals surface area (Å²) >= 11 is 2.76. The third-order valence-electron chi connectivity index (χ3n) is 7.93. The van der Waals surface area contributed by atoms with Crippen molar-refractivity contribution in [2.75, 3.05) is 11.5 Å². The summed E-state index contributed by atoms with van der Waals surface area (Å²) in [5.74, 6) is 0.193. The molecule has 4 aromatic carbocycles. The molecule has 1 N–H and O–H groups in total. The Morgan fingerprint density at radius 1 is 1.04 bits per heavy atom. The van der Waals surface area contributed by atoms with Crippen LogP contribution < -0.4 is 14.4 Å². The van der Waals surface area contributed by atoms with Crippen molar-refractivity contribution in [2.24, 2.45) is 0 Å². The molecule has 2 atom stereocenters. The van der Waals surface area contributed by atoms with E-state index < -0.39 is 17.7 Å². The van der Waals surface area contributed by atoms with Crippen molar-refractivity contribution in [3.63, 3.8) is 0 Å². The van der Waals surface area contributed by atoms with Crippen LogP contribution in [0.5, 0.6) is 11.5 Å². The van der Waals surface area contributed by atoms with Crippen molar-refractivity contribution in [3.05, 3.63) is 113 Å². The molecule has 3 heterocycles. The van der Waals surface area contributed by atoms with Crippen LogP contribution in [0.3, 0.4) is 0 Å². The molecule has 1 amide bonds. The van der Waals surface area contributed by atoms with E-state index in [-0.39, 0.29) is 22.6 Å². The van der Waals surface area contributed by atoms with Crippen LogP contribution in [0.4, 0.5) is 5.13 Å². The van der Waals surface area contributed by atoms with Crippen LogP contribution in [0.1, 0.15) is 42.1 Å². The number of hydrogen-bond acceptors (Lipinski definition) is 9. The van der Waals surface area contributed by atoms with Crippen molar-refractivity contribution in [3.8, 4) is 11.5 Å². The lowest BCUT2D eigenvalue weighted by Gasteiger charge is -2.23. The molecule has 0 aliphatic carbocycles. The monoisotopic (exact) mass is 635 g/mol. The van der Waals surface area contributed by atoms with Crippen LogP contribution in [0.2, 0.25) is 0 Å². The largest absolute Gasteiger partial charge is 0.507 e. The molecule has 10 heteroatoms. The number of fused-ring (bicyclic) bond motifs is 2. The Bertz CT molecular complexity index is 1980. The van der Waals surface area contributed by atoms with E-state index in [1.807, 2.05) is 50.2 Å². The lowest BCUT2D eigenvalue weighted by molar-refractivity contribution is -0.132. The lowest BCUT2D eigenvalue weighted by Crippen LogP contribution is -2.29. The molecule has 0 saturated carbocycles. The van der Waals surface area contributed by atoms with E-state index >= 15 is 0 Å². The maximum absolute atomic E-state index is 13.7. The van der Waals surface area contributed by atoms with Crippen molar-refractivity contribution >= 4 is 56.5 Å². The Morgan fingerprint density at radius 3 is 2.73 bits per heavy atom. The molecular formula is C35H29N3O5S2. The fraction of sp³-hybridized carbons (Fsp3) is 0.200. The minimum atomic E-state index is -0.933. The van der Waals surface area contributed by atoms with Gasteiger partial charge in [-0.25, -0.2) is 0 Å². The Labute approximate surface area is 268 Å². The highest BCUT2D eigenvalue weighted by atomic mass is 32.2. The summed E-state index contributed by atoms with van der Waals surface area (Å²) in [5, 5.41) is 23.0. The zero-order chi connectivity index (χ0) is 31.1. The number of anilines is 1. The van der Waals surface area contributed by atoms with Crippen molar-refractivity contribution in [1.82, 2.24) is 10.2 Å². The number of ether oxygens (including phenoxy) is 2. The number of thioether (sulfide) groups is 1. The van der Waals surface area contributed by atoms with Gasteiger partial charge in [0.25, 0.3) is 5.78 Å². The number of benzene rings is 4. The molecule has 7 rings (SSSR count). The second kappa shape index (κ2) is 12.0. The van der Waals surface area contributed by atoms with Crippen LogP contribution in [-0.2, 0) is 21.8 Å². The molecule has 45 heavy (non-hydrogen) atoms. The number of ketones is 1. The third-order valence-corrected chi connectivity index (χ3v) is 10.0. The number of hydrogen-bond donors (Lipinski definition) is 1. The zero-order valence-electron chi connectivity index (χ0n) is 24.6. The van der Waals surface area contributed by atoms with Gasteiger partial charge in [0.1, 0.15) is 23.4 Å². The van der Waals surface area contributed by atoms with Crippen molar-refractivity contribution in [1.29, 1.82) is 0 Å². The Hall–Kier alpha value is -4.67. The highest BCUT2D eigenvalue weighted by Crippen LogP contribution is 2.45. The van der Waals surface area contributed by atoms with E-state index in [9.17, 15) is 14.7 Å². The molecule has 0 radical (unpaired) electrons. The predicted molar refractivity (Wildman–Crippen MR) is 176 cm³/mol. The van der Waals surface area contributed by atoms with Gasteiger partial charge in [-0.2, -0.15) is 0 Å². The summed E-state index contributed by atoms with van der Waals surface area (Å²) in [6, 6.07) is 26.0. The van der Waals surface area contributed by atoms with Gasteiger partial charge < -0.3 is 14.6 Å². The number of carbonyl (C=O) groups is 2. The number of amides is 1. The zero-order valence-corrected chi connectivity index (χ0v) is 26.2. The quantitative estimate of drug-likeness (QED) is 0.0622. The minimum Gasteiger partial charge on any atom is -0.507 e. The molecule has 0 bridgehead atoms. The average molecular weight is 636 g/mol. The summed E-state index contributed by atoms with van der Waals surface area (Å²) in [5.41, 5.74) is 3.14. The first-order valence-corrected chi connectivity index (χ1v) is 16.5. The number of rotatable bonds is 8. The summed E-state index contributed by atoms with van der Waals surface area (Å²) in [6.07, 6.45) is 0.712. The maximum Gasteiger partial charge on any atom is 0.301 e. The van der Waals surface area contributed by atoms with E-state index in [1.54, 1.807) is 24.3 Å². The van der Waals surface area contributed by atoms with Crippen molar-refractivity contribution < 1.29 is 24.2 Å². The van der Waals surface area contributed by atoms with E-state index in [1.165, 1.54) is 33.4 Å². The van der Waals surface area contributed by atoms with E-state index in [0.717, 1.165) is 22.3 Å². The predicted octanol–water partition coefficient (Wildman–Crippen LogP) is 7.33. The number of nitrogens with zero attached hydrogens (tertiary/aromatic N) is 3.